The Hall–Kier alpha value is -0.220. The van der Waals surface area contributed by atoms with E-state index in [2.05, 4.69) is 0 Å². The second kappa shape index (κ2) is 7.21. The lowest BCUT2D eigenvalue weighted by atomic mass is 10.1. The summed E-state index contributed by atoms with van der Waals surface area (Å²) < 4.78 is 24.3. The largest absolute Gasteiger partial charge is 0.329 e. The van der Waals surface area contributed by atoms with Gasteiger partial charge in [-0.1, -0.05) is 13.8 Å². The van der Waals surface area contributed by atoms with E-state index in [1.165, 1.54) is 0 Å². The van der Waals surface area contributed by atoms with Crippen molar-refractivity contribution in [1.29, 1.82) is 0 Å². The zero-order valence-electron chi connectivity index (χ0n) is 8.47. The Kier molecular flexibility index (Phi) is 7.09. The molecule has 0 saturated heterocycles. The van der Waals surface area contributed by atoms with Crippen LogP contribution in [0.2, 0.25) is 0 Å². The number of nitrogens with zero attached hydrogens (tertiary/aromatic N) is 1. The Labute approximate surface area is 79.1 Å². The zero-order valence-corrected chi connectivity index (χ0v) is 8.47. The molecule has 2 nitrogen and oxygen atoms in total. The topological polar surface area (TPSA) is 29.3 Å². The van der Waals surface area contributed by atoms with Crippen LogP contribution in [0.4, 0.5) is 8.78 Å². The van der Waals surface area contributed by atoms with Gasteiger partial charge in [-0.05, 0) is 12.8 Å². The average Bonchev–Trinajstić information content (AvgIpc) is 2.05. The summed E-state index contributed by atoms with van der Waals surface area (Å²) in [4.78, 5) is 1.78. The third kappa shape index (κ3) is 5.16. The Morgan fingerprint density at radius 3 is 2.08 bits per heavy atom. The fourth-order valence-corrected chi connectivity index (χ4v) is 1.57. The van der Waals surface area contributed by atoms with E-state index < -0.39 is 6.43 Å². The highest BCUT2D eigenvalue weighted by atomic mass is 19.3. The molecule has 0 atom stereocenters. The Bertz CT molecular complexity index is 116. The summed E-state index contributed by atoms with van der Waals surface area (Å²) in [7, 11) is 0. The first kappa shape index (κ1) is 12.8. The molecule has 0 fully saturated rings. The van der Waals surface area contributed by atoms with Crippen LogP contribution in [0.5, 0.6) is 0 Å². The van der Waals surface area contributed by atoms with E-state index in [4.69, 9.17) is 5.73 Å². The van der Waals surface area contributed by atoms with Gasteiger partial charge in [-0.25, -0.2) is 8.78 Å². The number of hydrogen-bond acceptors (Lipinski definition) is 2. The van der Waals surface area contributed by atoms with Crippen molar-refractivity contribution in [2.75, 3.05) is 19.6 Å². The lowest BCUT2D eigenvalue weighted by molar-refractivity contribution is 0.0648. The van der Waals surface area contributed by atoms with Crippen LogP contribution in [-0.4, -0.2) is 37.0 Å². The molecule has 13 heavy (non-hydrogen) atoms. The molecule has 0 amide bonds. The van der Waals surface area contributed by atoms with Gasteiger partial charge in [0.05, 0.1) is 6.54 Å². The summed E-state index contributed by atoms with van der Waals surface area (Å²) in [5.74, 6) is 0. The minimum Gasteiger partial charge on any atom is -0.329 e. The molecule has 0 aromatic carbocycles. The molecule has 0 aliphatic rings. The number of alkyl halides is 2. The molecule has 0 aromatic rings. The second-order valence-electron chi connectivity index (χ2n) is 3.15. The molecule has 0 aliphatic heterocycles. The van der Waals surface area contributed by atoms with E-state index in [1.807, 2.05) is 13.8 Å². The maximum absolute atomic E-state index is 12.2. The molecule has 4 heteroatoms. The van der Waals surface area contributed by atoms with Crippen molar-refractivity contribution in [3.05, 3.63) is 0 Å². The van der Waals surface area contributed by atoms with E-state index in [1.54, 1.807) is 4.90 Å². The van der Waals surface area contributed by atoms with Crippen molar-refractivity contribution in [2.24, 2.45) is 5.73 Å². The molecule has 0 aromatic heterocycles. The number of nitrogens with two attached hydrogens (primary N) is 1. The average molecular weight is 194 g/mol. The van der Waals surface area contributed by atoms with Crippen molar-refractivity contribution < 1.29 is 8.78 Å². The summed E-state index contributed by atoms with van der Waals surface area (Å²) in [6.07, 6.45) is -0.445. The van der Waals surface area contributed by atoms with Gasteiger partial charge in [0.1, 0.15) is 0 Å². The van der Waals surface area contributed by atoms with Crippen LogP contribution in [0, 0.1) is 0 Å². The van der Waals surface area contributed by atoms with Gasteiger partial charge in [-0.2, -0.15) is 0 Å². The highest BCUT2D eigenvalue weighted by molar-refractivity contribution is 4.70. The monoisotopic (exact) mass is 194 g/mol. The molecular weight excluding hydrogens is 174 g/mol. The van der Waals surface area contributed by atoms with E-state index >= 15 is 0 Å². The minimum absolute atomic E-state index is 0.149. The molecule has 0 radical (unpaired) electrons. The van der Waals surface area contributed by atoms with Gasteiger partial charge in [0, 0.05) is 19.1 Å². The van der Waals surface area contributed by atoms with Crippen LogP contribution in [0.1, 0.15) is 26.7 Å². The number of hydrogen-bond donors (Lipinski definition) is 1. The molecule has 0 bridgehead atoms. The van der Waals surface area contributed by atoms with E-state index in [-0.39, 0.29) is 12.6 Å². The Morgan fingerprint density at radius 2 is 1.77 bits per heavy atom. The quantitative estimate of drug-likeness (QED) is 0.668. The van der Waals surface area contributed by atoms with E-state index in [9.17, 15) is 8.78 Å². The summed E-state index contributed by atoms with van der Waals surface area (Å²) in [6.45, 7) is 4.90. The highest BCUT2D eigenvalue weighted by Crippen LogP contribution is 2.10. The first-order chi connectivity index (χ1) is 6.15. The molecule has 0 spiro atoms. The Balaban J connectivity index is 4.03. The predicted molar refractivity (Wildman–Crippen MR) is 51.0 cm³/mol. The molecule has 0 heterocycles. The van der Waals surface area contributed by atoms with Crippen molar-refractivity contribution >= 4 is 0 Å². The van der Waals surface area contributed by atoms with Gasteiger partial charge in [-0.3, -0.25) is 4.90 Å². The summed E-state index contributed by atoms with van der Waals surface area (Å²) in [5, 5.41) is 0. The molecule has 0 aliphatic carbocycles. The first-order valence-electron chi connectivity index (χ1n) is 4.87. The normalized spacial score (nSPS) is 12.0. The lowest BCUT2D eigenvalue weighted by Crippen LogP contribution is -2.41. The van der Waals surface area contributed by atoms with Gasteiger partial charge in [0.15, 0.2) is 0 Å². The summed E-state index contributed by atoms with van der Waals surface area (Å²) in [6, 6.07) is 0.248. The van der Waals surface area contributed by atoms with E-state index in [0.717, 1.165) is 12.8 Å². The lowest BCUT2D eigenvalue weighted by Gasteiger charge is -2.29. The van der Waals surface area contributed by atoms with Crippen LogP contribution in [-0.2, 0) is 0 Å². The molecule has 0 unspecified atom stereocenters. The van der Waals surface area contributed by atoms with Gasteiger partial charge in [-0.15, -0.1) is 0 Å². The molecule has 0 saturated carbocycles. The zero-order chi connectivity index (χ0) is 10.3. The minimum atomic E-state index is -2.26. The fourth-order valence-electron chi connectivity index (χ4n) is 1.57. The molecule has 2 N–H and O–H groups in total. The van der Waals surface area contributed by atoms with Crippen LogP contribution < -0.4 is 5.73 Å². The van der Waals surface area contributed by atoms with Crippen molar-refractivity contribution in [2.45, 2.75) is 39.2 Å². The maximum atomic E-state index is 12.2. The van der Waals surface area contributed by atoms with Crippen LogP contribution in [0.3, 0.4) is 0 Å². The van der Waals surface area contributed by atoms with Crippen molar-refractivity contribution in [3.63, 3.8) is 0 Å². The van der Waals surface area contributed by atoms with Crippen molar-refractivity contribution in [1.82, 2.24) is 4.90 Å². The molecule has 80 valence electrons. The van der Waals surface area contributed by atoms with Gasteiger partial charge >= 0.3 is 0 Å². The smallest absolute Gasteiger partial charge is 0.251 e. The SMILES string of the molecule is CCC(CC)N(CCN)CC(F)F. The van der Waals surface area contributed by atoms with Gasteiger partial charge in [0.2, 0.25) is 0 Å². The van der Waals surface area contributed by atoms with Crippen LogP contribution in [0.15, 0.2) is 0 Å². The highest BCUT2D eigenvalue weighted by Gasteiger charge is 2.17. The number of halogens is 2. The second-order valence-corrected chi connectivity index (χ2v) is 3.15. The van der Waals surface area contributed by atoms with E-state index in [0.29, 0.717) is 13.1 Å². The summed E-state index contributed by atoms with van der Waals surface area (Å²) >= 11 is 0. The Morgan fingerprint density at radius 1 is 1.23 bits per heavy atom. The maximum Gasteiger partial charge on any atom is 0.251 e. The van der Waals surface area contributed by atoms with Crippen molar-refractivity contribution in [3.8, 4) is 0 Å². The summed E-state index contributed by atoms with van der Waals surface area (Å²) in [5.41, 5.74) is 5.37. The molecule has 0 rings (SSSR count). The van der Waals surface area contributed by atoms with Crippen LogP contribution >= 0.6 is 0 Å². The van der Waals surface area contributed by atoms with Crippen LogP contribution in [0.25, 0.3) is 0 Å². The fraction of sp³-hybridized carbons (Fsp3) is 1.00. The van der Waals surface area contributed by atoms with Gasteiger partial charge < -0.3 is 5.73 Å². The number of rotatable bonds is 7. The predicted octanol–water partition coefficient (Wildman–Crippen LogP) is 1.70. The first-order valence-corrected chi connectivity index (χ1v) is 4.87. The molecular formula is C9H20F2N2. The third-order valence-corrected chi connectivity index (χ3v) is 2.25. The third-order valence-electron chi connectivity index (χ3n) is 2.25. The van der Waals surface area contributed by atoms with Gasteiger partial charge in [0.25, 0.3) is 6.43 Å². The standard InChI is InChI=1S/C9H20F2N2/c1-3-8(4-2)13(6-5-12)7-9(10)11/h8-9H,3-7,12H2,1-2H3.